The summed E-state index contributed by atoms with van der Waals surface area (Å²) in [6.07, 6.45) is 11.9. The zero-order valence-corrected chi connectivity index (χ0v) is 12.5. The third kappa shape index (κ3) is 3.02. The molecule has 0 bridgehead atoms. The van der Waals surface area contributed by atoms with Gasteiger partial charge in [0.1, 0.15) is 0 Å². The van der Waals surface area contributed by atoms with Crippen molar-refractivity contribution in [2.45, 2.75) is 37.7 Å². The highest BCUT2D eigenvalue weighted by molar-refractivity contribution is 5.91. The second-order valence-corrected chi connectivity index (χ2v) is 6.36. The molecule has 21 heavy (non-hydrogen) atoms. The van der Waals surface area contributed by atoms with Gasteiger partial charge in [-0.1, -0.05) is 12.8 Å². The van der Waals surface area contributed by atoms with Crippen molar-refractivity contribution in [1.29, 1.82) is 0 Å². The molecule has 1 aliphatic heterocycles. The van der Waals surface area contributed by atoms with Crippen LogP contribution < -0.4 is 0 Å². The number of amides is 1. The lowest BCUT2D eigenvalue weighted by atomic mass is 9.71. The average Bonchev–Trinajstić information content (AvgIpc) is 2.89. The van der Waals surface area contributed by atoms with E-state index in [0.29, 0.717) is 19.5 Å². The van der Waals surface area contributed by atoms with Crippen molar-refractivity contribution in [3.63, 3.8) is 0 Å². The molecular weight excluding hydrogens is 266 g/mol. The maximum absolute atomic E-state index is 12.3. The standard InChI is InChI=1S/C16H23N3O2/c1-18-11-13(10-17-18)5-6-15(20)19-9-8-16(21)7-3-2-4-14(16)12-19/h5-6,10-11,14,21H,2-4,7-9,12H2,1H3/b6-5+. The zero-order chi connectivity index (χ0) is 14.9. The average molecular weight is 289 g/mol. The Hall–Kier alpha value is -1.62. The zero-order valence-electron chi connectivity index (χ0n) is 12.5. The topological polar surface area (TPSA) is 58.4 Å². The first-order chi connectivity index (χ1) is 10.1. The Morgan fingerprint density at radius 2 is 2.33 bits per heavy atom. The fourth-order valence-corrected chi connectivity index (χ4v) is 3.57. The number of rotatable bonds is 2. The van der Waals surface area contributed by atoms with Gasteiger partial charge in [0.15, 0.2) is 0 Å². The van der Waals surface area contributed by atoms with E-state index in [0.717, 1.165) is 24.8 Å². The van der Waals surface area contributed by atoms with Crippen LogP contribution in [0.3, 0.4) is 0 Å². The number of aromatic nitrogens is 2. The Labute approximate surface area is 125 Å². The predicted molar refractivity (Wildman–Crippen MR) is 80.3 cm³/mol. The van der Waals surface area contributed by atoms with Crippen LogP contribution in [-0.2, 0) is 11.8 Å². The molecule has 1 aliphatic carbocycles. The number of aryl methyl sites for hydroxylation is 1. The first-order valence-electron chi connectivity index (χ1n) is 7.75. The van der Waals surface area contributed by atoms with Gasteiger partial charge >= 0.3 is 0 Å². The Kier molecular flexibility index (Phi) is 3.85. The molecule has 1 amide bonds. The van der Waals surface area contributed by atoms with Gasteiger partial charge in [-0.05, 0) is 25.3 Å². The van der Waals surface area contributed by atoms with E-state index in [1.807, 2.05) is 18.1 Å². The van der Waals surface area contributed by atoms with Crippen molar-refractivity contribution in [3.05, 3.63) is 24.0 Å². The highest BCUT2D eigenvalue weighted by atomic mass is 16.3. The van der Waals surface area contributed by atoms with E-state index in [9.17, 15) is 9.90 Å². The van der Waals surface area contributed by atoms with Gasteiger partial charge in [0.25, 0.3) is 0 Å². The van der Waals surface area contributed by atoms with Crippen LogP contribution >= 0.6 is 0 Å². The molecule has 2 unspecified atom stereocenters. The quantitative estimate of drug-likeness (QED) is 0.841. The van der Waals surface area contributed by atoms with E-state index in [1.165, 1.54) is 6.42 Å². The molecule has 2 atom stereocenters. The fourth-order valence-electron chi connectivity index (χ4n) is 3.57. The predicted octanol–water partition coefficient (Wildman–Crippen LogP) is 1.59. The van der Waals surface area contributed by atoms with Gasteiger partial charge in [-0.25, -0.2) is 0 Å². The normalized spacial score (nSPS) is 29.6. The summed E-state index contributed by atoms with van der Waals surface area (Å²) in [4.78, 5) is 14.2. The molecule has 1 saturated heterocycles. The van der Waals surface area contributed by atoms with Crippen molar-refractivity contribution < 1.29 is 9.90 Å². The largest absolute Gasteiger partial charge is 0.389 e. The van der Waals surface area contributed by atoms with E-state index >= 15 is 0 Å². The summed E-state index contributed by atoms with van der Waals surface area (Å²) in [5, 5.41) is 14.7. The summed E-state index contributed by atoms with van der Waals surface area (Å²) in [7, 11) is 1.85. The first kappa shape index (κ1) is 14.3. The second kappa shape index (κ2) is 5.64. The summed E-state index contributed by atoms with van der Waals surface area (Å²) in [5.74, 6) is 0.280. The number of fused-ring (bicyclic) bond motifs is 1. The monoisotopic (exact) mass is 289 g/mol. The minimum absolute atomic E-state index is 0.0338. The molecule has 114 valence electrons. The highest BCUT2D eigenvalue weighted by Crippen LogP contribution is 2.39. The molecule has 1 aromatic heterocycles. The van der Waals surface area contributed by atoms with Crippen molar-refractivity contribution >= 4 is 12.0 Å². The number of carbonyl (C=O) groups is 1. The molecule has 1 saturated carbocycles. The van der Waals surface area contributed by atoms with Crippen molar-refractivity contribution in [3.8, 4) is 0 Å². The molecule has 1 N–H and O–H groups in total. The van der Waals surface area contributed by atoms with E-state index in [4.69, 9.17) is 0 Å². The number of carbonyl (C=O) groups excluding carboxylic acids is 1. The molecule has 2 aliphatic rings. The van der Waals surface area contributed by atoms with Gasteiger partial charge < -0.3 is 10.0 Å². The number of aliphatic hydroxyl groups is 1. The van der Waals surface area contributed by atoms with Crippen LogP contribution in [0.15, 0.2) is 18.5 Å². The molecule has 2 fully saturated rings. The molecule has 0 spiro atoms. The molecule has 1 aromatic rings. The summed E-state index contributed by atoms with van der Waals surface area (Å²) in [5.41, 5.74) is 0.402. The van der Waals surface area contributed by atoms with Crippen LogP contribution in [-0.4, -0.2) is 44.4 Å². The van der Waals surface area contributed by atoms with Gasteiger partial charge in [-0.3, -0.25) is 9.48 Å². The van der Waals surface area contributed by atoms with Crippen molar-refractivity contribution in [2.24, 2.45) is 13.0 Å². The summed E-state index contributed by atoms with van der Waals surface area (Å²) >= 11 is 0. The van der Waals surface area contributed by atoms with Crippen LogP contribution in [0.1, 0.15) is 37.7 Å². The summed E-state index contributed by atoms with van der Waals surface area (Å²) < 4.78 is 1.72. The van der Waals surface area contributed by atoms with E-state index < -0.39 is 5.60 Å². The highest BCUT2D eigenvalue weighted by Gasteiger charge is 2.43. The smallest absolute Gasteiger partial charge is 0.246 e. The number of hydrogen-bond donors (Lipinski definition) is 1. The van der Waals surface area contributed by atoms with Crippen LogP contribution in [0.5, 0.6) is 0 Å². The summed E-state index contributed by atoms with van der Waals surface area (Å²) in [6, 6.07) is 0. The lowest BCUT2D eigenvalue weighted by Gasteiger charge is -2.47. The Balaban J connectivity index is 1.62. The number of piperidine rings is 1. The molecule has 3 rings (SSSR count). The molecule has 0 aromatic carbocycles. The van der Waals surface area contributed by atoms with Gasteiger partial charge in [0.2, 0.25) is 5.91 Å². The molecular formula is C16H23N3O2. The van der Waals surface area contributed by atoms with Crippen LogP contribution in [0.25, 0.3) is 6.08 Å². The number of hydrogen-bond acceptors (Lipinski definition) is 3. The third-order valence-electron chi connectivity index (χ3n) is 4.88. The van der Waals surface area contributed by atoms with Crippen molar-refractivity contribution in [2.75, 3.05) is 13.1 Å². The SMILES string of the molecule is Cn1cc(/C=C/C(=O)N2CCC3(O)CCCCC3C2)cn1. The Morgan fingerprint density at radius 1 is 1.48 bits per heavy atom. The minimum Gasteiger partial charge on any atom is -0.389 e. The maximum Gasteiger partial charge on any atom is 0.246 e. The fraction of sp³-hybridized carbons (Fsp3) is 0.625. The third-order valence-corrected chi connectivity index (χ3v) is 4.88. The van der Waals surface area contributed by atoms with Gasteiger partial charge in [-0.15, -0.1) is 0 Å². The second-order valence-electron chi connectivity index (χ2n) is 6.36. The lowest BCUT2D eigenvalue weighted by Crippen LogP contribution is -2.54. The number of nitrogens with zero attached hydrogens (tertiary/aromatic N) is 3. The molecule has 0 radical (unpaired) electrons. The number of likely N-dealkylation sites (tertiary alicyclic amines) is 1. The Morgan fingerprint density at radius 3 is 3.10 bits per heavy atom. The van der Waals surface area contributed by atoms with Crippen LogP contribution in [0.2, 0.25) is 0 Å². The van der Waals surface area contributed by atoms with Gasteiger partial charge in [-0.2, -0.15) is 5.10 Å². The van der Waals surface area contributed by atoms with Crippen LogP contribution in [0.4, 0.5) is 0 Å². The van der Waals surface area contributed by atoms with Crippen LogP contribution in [0, 0.1) is 5.92 Å². The minimum atomic E-state index is -0.526. The maximum atomic E-state index is 12.3. The van der Waals surface area contributed by atoms with E-state index in [1.54, 1.807) is 23.0 Å². The Bertz CT molecular complexity index is 551. The summed E-state index contributed by atoms with van der Waals surface area (Å²) in [6.45, 7) is 1.34. The molecule has 2 heterocycles. The molecule has 5 heteroatoms. The van der Waals surface area contributed by atoms with Gasteiger partial charge in [0, 0.05) is 43.9 Å². The van der Waals surface area contributed by atoms with Crippen molar-refractivity contribution in [1.82, 2.24) is 14.7 Å². The lowest BCUT2D eigenvalue weighted by molar-refractivity contribution is -0.138. The van der Waals surface area contributed by atoms with Gasteiger partial charge in [0.05, 0.1) is 11.8 Å². The van der Waals surface area contributed by atoms with E-state index in [-0.39, 0.29) is 11.8 Å². The first-order valence-corrected chi connectivity index (χ1v) is 7.75. The molecule has 5 nitrogen and oxygen atoms in total. The van der Waals surface area contributed by atoms with E-state index in [2.05, 4.69) is 5.10 Å².